The van der Waals surface area contributed by atoms with Crippen LogP contribution in [0.25, 0.3) is 0 Å². The summed E-state index contributed by atoms with van der Waals surface area (Å²) in [6.45, 7) is 2.89. The first-order valence-electron chi connectivity index (χ1n) is 5.25. The summed E-state index contributed by atoms with van der Waals surface area (Å²) in [5, 5.41) is 17.9. The molecule has 0 saturated carbocycles. The minimum Gasteiger partial charge on any atom is -0.478 e. The zero-order valence-electron chi connectivity index (χ0n) is 10.0. The quantitative estimate of drug-likeness (QED) is 0.718. The molecular weight excluding hydrogens is 258 g/mol. The van der Waals surface area contributed by atoms with Crippen molar-refractivity contribution in [2.24, 2.45) is 0 Å². The van der Waals surface area contributed by atoms with Crippen molar-refractivity contribution in [3.8, 4) is 0 Å². The molecule has 0 aliphatic rings. The third-order valence-electron chi connectivity index (χ3n) is 2.29. The second kappa shape index (κ2) is 5.47. The molecule has 1 rings (SSSR count). The van der Waals surface area contributed by atoms with Crippen LogP contribution in [0.5, 0.6) is 0 Å². The van der Waals surface area contributed by atoms with Crippen molar-refractivity contribution in [2.45, 2.75) is 24.8 Å². The fourth-order valence-electron chi connectivity index (χ4n) is 1.33. The van der Waals surface area contributed by atoms with Crippen molar-refractivity contribution in [1.29, 1.82) is 0 Å². The summed E-state index contributed by atoms with van der Waals surface area (Å²) in [6, 6.07) is 3.87. The number of aliphatic hydroxyl groups is 1. The number of hydrogen-bond donors (Lipinski definition) is 3. The van der Waals surface area contributed by atoms with Crippen LogP contribution in [0.3, 0.4) is 0 Å². The molecule has 0 aromatic heterocycles. The van der Waals surface area contributed by atoms with Crippen molar-refractivity contribution in [3.63, 3.8) is 0 Å². The molecule has 1 atom stereocenters. The Morgan fingerprint density at radius 3 is 2.56 bits per heavy atom. The van der Waals surface area contributed by atoms with Gasteiger partial charge in [0.25, 0.3) is 0 Å². The highest BCUT2D eigenvalue weighted by Crippen LogP contribution is 2.17. The average molecular weight is 273 g/mol. The summed E-state index contributed by atoms with van der Waals surface area (Å²) in [5.74, 6) is -1.19. The molecule has 0 amide bonds. The van der Waals surface area contributed by atoms with E-state index in [0.717, 1.165) is 6.07 Å². The molecule has 0 fully saturated rings. The zero-order valence-corrected chi connectivity index (χ0v) is 10.9. The highest BCUT2D eigenvalue weighted by atomic mass is 32.2. The van der Waals surface area contributed by atoms with Gasteiger partial charge in [0.05, 0.1) is 16.6 Å². The number of aliphatic hydroxyl groups excluding tert-OH is 1. The molecule has 1 aromatic rings. The number of carboxylic acids is 1. The Hall–Kier alpha value is -1.44. The number of carboxylic acid groups (broad SMARTS) is 1. The van der Waals surface area contributed by atoms with Crippen molar-refractivity contribution in [1.82, 2.24) is 4.72 Å². The van der Waals surface area contributed by atoms with Crippen LogP contribution in [0.15, 0.2) is 23.1 Å². The Balaban J connectivity index is 3.15. The second-order valence-electron chi connectivity index (χ2n) is 3.99. The van der Waals surface area contributed by atoms with Gasteiger partial charge in [0.1, 0.15) is 0 Å². The lowest BCUT2D eigenvalue weighted by molar-refractivity contribution is 0.0696. The lowest BCUT2D eigenvalue weighted by atomic mass is 10.1. The topological polar surface area (TPSA) is 104 Å². The summed E-state index contributed by atoms with van der Waals surface area (Å²) in [7, 11) is -3.82. The van der Waals surface area contributed by atoms with Gasteiger partial charge in [-0.3, -0.25) is 0 Å². The maximum Gasteiger partial charge on any atom is 0.335 e. The molecule has 0 saturated heterocycles. The molecule has 0 aliphatic carbocycles. The third kappa shape index (κ3) is 3.52. The van der Waals surface area contributed by atoms with E-state index >= 15 is 0 Å². The first-order valence-corrected chi connectivity index (χ1v) is 6.74. The lowest BCUT2D eigenvalue weighted by Gasteiger charge is -2.11. The van der Waals surface area contributed by atoms with Gasteiger partial charge in [0.15, 0.2) is 0 Å². The van der Waals surface area contributed by atoms with E-state index in [1.165, 1.54) is 19.1 Å². The normalized spacial score (nSPS) is 13.3. The summed E-state index contributed by atoms with van der Waals surface area (Å²) >= 11 is 0. The highest BCUT2D eigenvalue weighted by Gasteiger charge is 2.19. The predicted octanol–water partition coefficient (Wildman–Crippen LogP) is 0.352. The number of nitrogens with one attached hydrogen (secondary N) is 1. The molecule has 6 nitrogen and oxygen atoms in total. The molecular formula is C11H15NO5S. The molecule has 7 heteroatoms. The molecule has 0 spiro atoms. The van der Waals surface area contributed by atoms with E-state index < -0.39 is 22.1 Å². The Kier molecular flexibility index (Phi) is 4.44. The summed E-state index contributed by atoms with van der Waals surface area (Å²) in [5.41, 5.74) is 0.344. The van der Waals surface area contributed by atoms with Crippen LogP contribution in [0.2, 0.25) is 0 Å². The second-order valence-corrected chi connectivity index (χ2v) is 5.72. The molecule has 3 N–H and O–H groups in total. The van der Waals surface area contributed by atoms with Crippen molar-refractivity contribution in [3.05, 3.63) is 29.3 Å². The molecule has 0 bridgehead atoms. The molecule has 100 valence electrons. The molecule has 1 unspecified atom stereocenters. The van der Waals surface area contributed by atoms with Crippen molar-refractivity contribution >= 4 is 16.0 Å². The standard InChI is InChI=1S/C11H15NO5S/c1-7-3-4-9(11(14)15)5-10(7)18(16,17)12-6-8(2)13/h3-5,8,12-13H,6H2,1-2H3,(H,14,15). The van der Waals surface area contributed by atoms with Gasteiger partial charge in [-0.25, -0.2) is 17.9 Å². The number of rotatable bonds is 5. The maximum atomic E-state index is 11.9. The van der Waals surface area contributed by atoms with E-state index in [-0.39, 0.29) is 17.0 Å². The Morgan fingerprint density at radius 2 is 2.06 bits per heavy atom. The number of carbonyl (C=O) groups is 1. The fourth-order valence-corrected chi connectivity index (χ4v) is 2.72. The fraction of sp³-hybridized carbons (Fsp3) is 0.364. The van der Waals surface area contributed by atoms with Gasteiger partial charge in [-0.15, -0.1) is 0 Å². The van der Waals surface area contributed by atoms with Crippen LogP contribution in [0.1, 0.15) is 22.8 Å². The molecule has 18 heavy (non-hydrogen) atoms. The van der Waals surface area contributed by atoms with Crippen LogP contribution < -0.4 is 4.72 Å². The van der Waals surface area contributed by atoms with Gasteiger partial charge in [-0.1, -0.05) is 6.07 Å². The van der Waals surface area contributed by atoms with Crippen molar-refractivity contribution in [2.75, 3.05) is 6.54 Å². The smallest absolute Gasteiger partial charge is 0.335 e. The summed E-state index contributed by atoms with van der Waals surface area (Å²) < 4.78 is 26.0. The van der Waals surface area contributed by atoms with Gasteiger partial charge in [-0.05, 0) is 31.5 Å². The SMILES string of the molecule is Cc1ccc(C(=O)O)cc1S(=O)(=O)NCC(C)O. The van der Waals surface area contributed by atoms with E-state index in [1.807, 2.05) is 0 Å². The van der Waals surface area contributed by atoms with Crippen LogP contribution in [0.4, 0.5) is 0 Å². The van der Waals surface area contributed by atoms with Crippen LogP contribution in [-0.4, -0.2) is 37.2 Å². The number of benzene rings is 1. The lowest BCUT2D eigenvalue weighted by Crippen LogP contribution is -2.31. The summed E-state index contributed by atoms with van der Waals surface area (Å²) in [6.07, 6.45) is -0.817. The van der Waals surface area contributed by atoms with Gasteiger partial charge >= 0.3 is 5.97 Å². The zero-order chi connectivity index (χ0) is 13.9. The number of aromatic carboxylic acids is 1. The minimum atomic E-state index is -3.82. The Morgan fingerprint density at radius 1 is 1.44 bits per heavy atom. The Labute approximate surface area is 105 Å². The monoisotopic (exact) mass is 273 g/mol. The highest BCUT2D eigenvalue weighted by molar-refractivity contribution is 7.89. The van der Waals surface area contributed by atoms with E-state index in [2.05, 4.69) is 4.72 Å². The van der Waals surface area contributed by atoms with Crippen LogP contribution >= 0.6 is 0 Å². The van der Waals surface area contributed by atoms with E-state index in [1.54, 1.807) is 6.92 Å². The number of aryl methyl sites for hydroxylation is 1. The van der Waals surface area contributed by atoms with Crippen LogP contribution in [0, 0.1) is 6.92 Å². The number of sulfonamides is 1. The summed E-state index contributed by atoms with van der Waals surface area (Å²) in [4.78, 5) is 10.7. The minimum absolute atomic E-state index is 0.0944. The van der Waals surface area contributed by atoms with Crippen LogP contribution in [-0.2, 0) is 10.0 Å². The largest absolute Gasteiger partial charge is 0.478 e. The first kappa shape index (κ1) is 14.6. The molecule has 0 radical (unpaired) electrons. The molecule has 0 aliphatic heterocycles. The van der Waals surface area contributed by atoms with Gasteiger partial charge in [0.2, 0.25) is 10.0 Å². The van der Waals surface area contributed by atoms with E-state index in [0.29, 0.717) is 5.56 Å². The van der Waals surface area contributed by atoms with Gasteiger partial charge < -0.3 is 10.2 Å². The van der Waals surface area contributed by atoms with Gasteiger partial charge in [-0.2, -0.15) is 0 Å². The maximum absolute atomic E-state index is 11.9. The van der Waals surface area contributed by atoms with E-state index in [9.17, 15) is 13.2 Å². The molecule has 1 aromatic carbocycles. The Bertz CT molecular complexity index is 551. The first-order chi connectivity index (χ1) is 8.24. The average Bonchev–Trinajstić information content (AvgIpc) is 2.26. The third-order valence-corrected chi connectivity index (χ3v) is 3.86. The molecule has 0 heterocycles. The van der Waals surface area contributed by atoms with Crippen molar-refractivity contribution < 1.29 is 23.4 Å². The predicted molar refractivity (Wildman–Crippen MR) is 65.0 cm³/mol. The van der Waals surface area contributed by atoms with Gasteiger partial charge in [0, 0.05) is 6.54 Å². The number of hydrogen-bond acceptors (Lipinski definition) is 4. The van der Waals surface area contributed by atoms with E-state index in [4.69, 9.17) is 10.2 Å².